The van der Waals surface area contributed by atoms with Gasteiger partial charge in [0.15, 0.2) is 0 Å². The van der Waals surface area contributed by atoms with E-state index in [0.29, 0.717) is 17.7 Å². The summed E-state index contributed by atoms with van der Waals surface area (Å²) in [7, 11) is 4.00. The highest BCUT2D eigenvalue weighted by atomic mass is 19.1. The number of aryl methyl sites for hydroxylation is 1. The van der Waals surface area contributed by atoms with Crippen LogP contribution in [0.4, 0.5) is 8.78 Å². The molecular formula is C15H24F2N2. The monoisotopic (exact) mass is 270 g/mol. The van der Waals surface area contributed by atoms with Crippen molar-refractivity contribution in [1.82, 2.24) is 10.2 Å². The summed E-state index contributed by atoms with van der Waals surface area (Å²) in [6.45, 7) is 8.29. The van der Waals surface area contributed by atoms with Crippen molar-refractivity contribution in [1.29, 1.82) is 0 Å². The molecule has 4 heteroatoms. The average molecular weight is 270 g/mol. The SMILES string of the molecule is Cc1cc(F)c(C(C)NCC(C)(C)N(C)C)cc1F. The quantitative estimate of drug-likeness (QED) is 0.883. The topological polar surface area (TPSA) is 15.3 Å². The normalized spacial score (nSPS) is 13.9. The van der Waals surface area contributed by atoms with Crippen LogP contribution in [0.1, 0.15) is 37.9 Å². The van der Waals surface area contributed by atoms with Crippen LogP contribution in [0.25, 0.3) is 0 Å². The average Bonchev–Trinajstić information content (AvgIpc) is 2.30. The van der Waals surface area contributed by atoms with Crippen LogP contribution >= 0.6 is 0 Å². The number of likely N-dealkylation sites (N-methyl/N-ethyl adjacent to an activating group) is 1. The Balaban J connectivity index is 2.79. The van der Waals surface area contributed by atoms with Gasteiger partial charge in [0.05, 0.1) is 0 Å². The second-order valence-corrected chi connectivity index (χ2v) is 5.93. The molecule has 1 rings (SSSR count). The van der Waals surface area contributed by atoms with Crippen LogP contribution in [0.2, 0.25) is 0 Å². The van der Waals surface area contributed by atoms with E-state index in [-0.39, 0.29) is 23.2 Å². The van der Waals surface area contributed by atoms with Crippen molar-refractivity contribution < 1.29 is 8.78 Å². The number of rotatable bonds is 5. The van der Waals surface area contributed by atoms with Crippen molar-refractivity contribution in [2.24, 2.45) is 0 Å². The number of benzene rings is 1. The van der Waals surface area contributed by atoms with Crippen molar-refractivity contribution >= 4 is 0 Å². The van der Waals surface area contributed by atoms with Gasteiger partial charge in [-0.15, -0.1) is 0 Å². The van der Waals surface area contributed by atoms with Crippen molar-refractivity contribution in [3.63, 3.8) is 0 Å². The van der Waals surface area contributed by atoms with E-state index >= 15 is 0 Å². The Morgan fingerprint density at radius 2 is 1.79 bits per heavy atom. The van der Waals surface area contributed by atoms with Gasteiger partial charge in [0.2, 0.25) is 0 Å². The fourth-order valence-corrected chi connectivity index (χ4v) is 1.66. The summed E-state index contributed by atoms with van der Waals surface area (Å²) >= 11 is 0. The molecule has 0 heterocycles. The number of halogens is 2. The summed E-state index contributed by atoms with van der Waals surface area (Å²) in [6.07, 6.45) is 0. The third-order valence-electron chi connectivity index (χ3n) is 3.80. The second-order valence-electron chi connectivity index (χ2n) is 5.93. The Bertz CT molecular complexity index is 442. The first-order valence-electron chi connectivity index (χ1n) is 6.51. The highest BCUT2D eigenvalue weighted by molar-refractivity contribution is 5.27. The van der Waals surface area contributed by atoms with Gasteiger partial charge in [0, 0.05) is 23.7 Å². The van der Waals surface area contributed by atoms with E-state index in [9.17, 15) is 8.78 Å². The van der Waals surface area contributed by atoms with Gasteiger partial charge in [0.1, 0.15) is 11.6 Å². The summed E-state index contributed by atoms with van der Waals surface area (Å²) in [5.74, 6) is -0.724. The molecule has 1 N–H and O–H groups in total. The van der Waals surface area contributed by atoms with Gasteiger partial charge in [-0.3, -0.25) is 0 Å². The van der Waals surface area contributed by atoms with E-state index in [4.69, 9.17) is 0 Å². The van der Waals surface area contributed by atoms with Crippen LogP contribution in [0.3, 0.4) is 0 Å². The summed E-state index contributed by atoms with van der Waals surface area (Å²) in [6, 6.07) is 2.31. The van der Waals surface area contributed by atoms with Crippen molar-refractivity contribution in [2.45, 2.75) is 39.3 Å². The fourth-order valence-electron chi connectivity index (χ4n) is 1.66. The molecule has 1 aromatic carbocycles. The first-order chi connectivity index (χ1) is 8.65. The van der Waals surface area contributed by atoms with Crippen LogP contribution in [-0.4, -0.2) is 31.1 Å². The van der Waals surface area contributed by atoms with Gasteiger partial charge in [0.25, 0.3) is 0 Å². The molecule has 0 saturated heterocycles. The number of hydrogen-bond donors (Lipinski definition) is 1. The Morgan fingerprint density at radius 3 is 2.32 bits per heavy atom. The first-order valence-corrected chi connectivity index (χ1v) is 6.51. The highest BCUT2D eigenvalue weighted by Gasteiger charge is 2.22. The lowest BCUT2D eigenvalue weighted by Crippen LogP contribution is -2.47. The Kier molecular flexibility index (Phi) is 5.04. The lowest BCUT2D eigenvalue weighted by Gasteiger charge is -2.34. The fraction of sp³-hybridized carbons (Fsp3) is 0.600. The van der Waals surface area contributed by atoms with Crippen molar-refractivity contribution in [3.05, 3.63) is 34.9 Å². The number of hydrogen-bond acceptors (Lipinski definition) is 2. The lowest BCUT2D eigenvalue weighted by atomic mass is 10.0. The van der Waals surface area contributed by atoms with Crippen LogP contribution in [0.5, 0.6) is 0 Å². The lowest BCUT2D eigenvalue weighted by molar-refractivity contribution is 0.185. The minimum atomic E-state index is -0.364. The molecule has 19 heavy (non-hydrogen) atoms. The zero-order valence-electron chi connectivity index (χ0n) is 12.6. The summed E-state index contributed by atoms with van der Waals surface area (Å²) in [5, 5.41) is 3.26. The van der Waals surface area contributed by atoms with E-state index in [2.05, 4.69) is 24.1 Å². The smallest absolute Gasteiger partial charge is 0.128 e. The van der Waals surface area contributed by atoms with Gasteiger partial charge < -0.3 is 10.2 Å². The van der Waals surface area contributed by atoms with E-state index in [0.717, 1.165) is 0 Å². The zero-order chi connectivity index (χ0) is 14.8. The third-order valence-corrected chi connectivity index (χ3v) is 3.80. The predicted octanol–water partition coefficient (Wildman–Crippen LogP) is 3.26. The van der Waals surface area contributed by atoms with Crippen LogP contribution in [0.15, 0.2) is 12.1 Å². The van der Waals surface area contributed by atoms with E-state index in [1.807, 2.05) is 21.0 Å². The van der Waals surface area contributed by atoms with Crippen molar-refractivity contribution in [2.75, 3.05) is 20.6 Å². The van der Waals surface area contributed by atoms with Crippen LogP contribution in [0, 0.1) is 18.6 Å². The van der Waals surface area contributed by atoms with Gasteiger partial charge >= 0.3 is 0 Å². The first kappa shape index (κ1) is 16.1. The molecule has 0 aromatic heterocycles. The standard InChI is InChI=1S/C15H24F2N2/c1-10-7-14(17)12(8-13(10)16)11(2)18-9-15(3,4)19(5)6/h7-8,11,18H,9H2,1-6H3. The Morgan fingerprint density at radius 1 is 1.21 bits per heavy atom. The minimum absolute atomic E-state index is 0.0476. The van der Waals surface area contributed by atoms with Gasteiger partial charge in [-0.2, -0.15) is 0 Å². The highest BCUT2D eigenvalue weighted by Crippen LogP contribution is 2.21. The Labute approximate surface area is 114 Å². The molecule has 0 aliphatic rings. The molecular weight excluding hydrogens is 246 g/mol. The molecule has 0 bridgehead atoms. The van der Waals surface area contributed by atoms with E-state index in [1.165, 1.54) is 12.1 Å². The maximum atomic E-state index is 13.8. The summed E-state index contributed by atoms with van der Waals surface area (Å²) in [5.41, 5.74) is 0.660. The second kappa shape index (κ2) is 5.97. The maximum Gasteiger partial charge on any atom is 0.128 e. The molecule has 108 valence electrons. The minimum Gasteiger partial charge on any atom is -0.308 e. The molecule has 0 saturated carbocycles. The molecule has 0 amide bonds. The number of nitrogens with zero attached hydrogens (tertiary/aromatic N) is 1. The number of nitrogens with one attached hydrogen (secondary N) is 1. The van der Waals surface area contributed by atoms with Gasteiger partial charge in [-0.1, -0.05) is 0 Å². The third kappa shape index (κ3) is 3.98. The molecule has 0 aliphatic carbocycles. The summed E-state index contributed by atoms with van der Waals surface area (Å²) < 4.78 is 27.4. The van der Waals surface area contributed by atoms with Crippen molar-refractivity contribution in [3.8, 4) is 0 Å². The molecule has 0 radical (unpaired) electrons. The van der Waals surface area contributed by atoms with Crippen LogP contribution < -0.4 is 5.32 Å². The van der Waals surface area contributed by atoms with Gasteiger partial charge in [-0.25, -0.2) is 8.78 Å². The van der Waals surface area contributed by atoms with Crippen LogP contribution in [-0.2, 0) is 0 Å². The molecule has 1 aromatic rings. The molecule has 0 fully saturated rings. The van der Waals surface area contributed by atoms with E-state index in [1.54, 1.807) is 6.92 Å². The molecule has 0 spiro atoms. The van der Waals surface area contributed by atoms with Gasteiger partial charge in [-0.05, 0) is 59.5 Å². The molecule has 1 atom stereocenters. The van der Waals surface area contributed by atoms with E-state index < -0.39 is 0 Å². The predicted molar refractivity (Wildman–Crippen MR) is 75.3 cm³/mol. The zero-order valence-corrected chi connectivity index (χ0v) is 12.6. The molecule has 0 aliphatic heterocycles. The molecule has 2 nitrogen and oxygen atoms in total. The largest absolute Gasteiger partial charge is 0.308 e. The maximum absolute atomic E-state index is 13.8. The Hall–Kier alpha value is -1.00. The molecule has 1 unspecified atom stereocenters. The summed E-state index contributed by atoms with van der Waals surface area (Å²) in [4.78, 5) is 2.10.